The molecule has 0 bridgehead atoms. The summed E-state index contributed by atoms with van der Waals surface area (Å²) in [7, 11) is 1.67. The lowest BCUT2D eigenvalue weighted by Crippen LogP contribution is -2.45. The molecule has 0 radical (unpaired) electrons. The van der Waals surface area contributed by atoms with Gasteiger partial charge < -0.3 is 19.4 Å². The van der Waals surface area contributed by atoms with Crippen molar-refractivity contribution in [2.75, 3.05) is 38.1 Å². The number of benzene rings is 2. The Morgan fingerprint density at radius 2 is 1.64 bits per heavy atom. The molecule has 8 nitrogen and oxygen atoms in total. The van der Waals surface area contributed by atoms with Crippen LogP contribution < -0.4 is 9.64 Å². The molecule has 3 aromatic rings. The van der Waals surface area contributed by atoms with Crippen LogP contribution in [0.2, 0.25) is 10.2 Å². The summed E-state index contributed by atoms with van der Waals surface area (Å²) in [5.74, 6) is 0.417. The summed E-state index contributed by atoms with van der Waals surface area (Å²) in [5.41, 5.74) is 0.984. The Bertz CT molecular complexity index is 1300. The fourth-order valence-corrected chi connectivity index (χ4v) is 5.53. The van der Waals surface area contributed by atoms with E-state index in [2.05, 4.69) is 15.1 Å². The monoisotopic (exact) mass is 571 g/mol. The van der Waals surface area contributed by atoms with Crippen LogP contribution in [0, 0.1) is 11.7 Å². The zero-order chi connectivity index (χ0) is 27.5. The van der Waals surface area contributed by atoms with Gasteiger partial charge in [0, 0.05) is 50.1 Å². The van der Waals surface area contributed by atoms with Gasteiger partial charge in [0.05, 0.1) is 6.04 Å². The van der Waals surface area contributed by atoms with Gasteiger partial charge in [-0.3, -0.25) is 4.79 Å². The summed E-state index contributed by atoms with van der Waals surface area (Å²) >= 11 is 12.0. The average Bonchev–Trinajstić information content (AvgIpc) is 3.40. The molecule has 39 heavy (non-hydrogen) atoms. The van der Waals surface area contributed by atoms with Crippen LogP contribution in [0.5, 0.6) is 5.75 Å². The second-order valence-electron chi connectivity index (χ2n) is 9.88. The summed E-state index contributed by atoms with van der Waals surface area (Å²) < 4.78 is 18.8. The molecule has 0 N–H and O–H groups in total. The van der Waals surface area contributed by atoms with Gasteiger partial charge in [-0.15, -0.1) is 10.2 Å². The Morgan fingerprint density at radius 1 is 0.949 bits per heavy atom. The number of likely N-dealkylation sites (N-methyl/N-ethyl adjacent to an activating group) is 1. The number of hydrogen-bond acceptors (Lipinski definition) is 6. The first-order valence-electron chi connectivity index (χ1n) is 12.8. The van der Waals surface area contributed by atoms with E-state index in [4.69, 9.17) is 27.9 Å². The lowest BCUT2D eigenvalue weighted by molar-refractivity contribution is -0.135. The van der Waals surface area contributed by atoms with Crippen LogP contribution in [0.25, 0.3) is 0 Å². The van der Waals surface area contributed by atoms with Crippen molar-refractivity contribution in [3.05, 3.63) is 82.2 Å². The highest BCUT2D eigenvalue weighted by Crippen LogP contribution is 2.34. The zero-order valence-electron chi connectivity index (χ0n) is 21.3. The molecule has 3 heterocycles. The number of ether oxygens (including phenoxy) is 1. The second kappa shape index (κ2) is 11.8. The number of halogens is 3. The Balaban J connectivity index is 1.28. The number of nitrogens with zero attached hydrogens (tertiary/aromatic N) is 5. The van der Waals surface area contributed by atoms with E-state index in [1.807, 2.05) is 35.2 Å². The smallest absolute Gasteiger partial charge is 0.410 e. The molecule has 0 saturated carbocycles. The summed E-state index contributed by atoms with van der Waals surface area (Å²) in [4.78, 5) is 32.2. The molecule has 5 rings (SSSR count). The van der Waals surface area contributed by atoms with E-state index >= 15 is 0 Å². The van der Waals surface area contributed by atoms with Gasteiger partial charge in [0.2, 0.25) is 5.91 Å². The fraction of sp³-hybridized carbons (Fsp3) is 0.357. The van der Waals surface area contributed by atoms with Crippen molar-refractivity contribution < 1.29 is 18.7 Å². The molecule has 2 atom stereocenters. The first-order chi connectivity index (χ1) is 18.8. The van der Waals surface area contributed by atoms with Crippen LogP contribution in [0.1, 0.15) is 24.3 Å². The lowest BCUT2D eigenvalue weighted by atomic mass is 9.93. The SMILES string of the molecule is CN(C(=O)Oc1ccc(F)cc1)[C@@H]1CN(C(=O)C2CCN(c3ccc(Cl)nn3)CC2)C[C@H]1c1ccc(Cl)cc1. The van der Waals surface area contributed by atoms with Gasteiger partial charge in [-0.1, -0.05) is 35.3 Å². The first-order valence-corrected chi connectivity index (χ1v) is 13.5. The molecule has 1 aromatic heterocycles. The molecule has 11 heteroatoms. The number of carbonyl (C=O) groups excluding carboxylic acids is 2. The number of carbonyl (C=O) groups is 2. The maximum atomic E-state index is 13.7. The van der Waals surface area contributed by atoms with E-state index in [0.717, 1.165) is 11.4 Å². The van der Waals surface area contributed by atoms with Crippen molar-refractivity contribution in [2.45, 2.75) is 24.8 Å². The highest BCUT2D eigenvalue weighted by Gasteiger charge is 2.42. The predicted molar refractivity (Wildman–Crippen MR) is 147 cm³/mol. The van der Waals surface area contributed by atoms with Crippen LogP contribution in [0.4, 0.5) is 15.0 Å². The molecule has 2 fully saturated rings. The van der Waals surface area contributed by atoms with Crippen LogP contribution >= 0.6 is 23.2 Å². The molecule has 0 unspecified atom stereocenters. The molecule has 204 valence electrons. The second-order valence-corrected chi connectivity index (χ2v) is 10.7. The normalized spacial score (nSPS) is 19.7. The van der Waals surface area contributed by atoms with Crippen molar-refractivity contribution >= 4 is 41.0 Å². The minimum absolute atomic E-state index is 0.0820. The number of aromatic nitrogens is 2. The molecule has 0 spiro atoms. The van der Waals surface area contributed by atoms with E-state index in [-0.39, 0.29) is 29.5 Å². The number of amides is 2. The Kier molecular flexibility index (Phi) is 8.18. The Hall–Kier alpha value is -3.43. The number of hydrogen-bond donors (Lipinski definition) is 0. The zero-order valence-corrected chi connectivity index (χ0v) is 22.9. The van der Waals surface area contributed by atoms with Gasteiger partial charge in [0.1, 0.15) is 11.6 Å². The van der Waals surface area contributed by atoms with Crippen molar-refractivity contribution in [3.8, 4) is 5.75 Å². The van der Waals surface area contributed by atoms with Gasteiger partial charge in [0.15, 0.2) is 11.0 Å². The highest BCUT2D eigenvalue weighted by molar-refractivity contribution is 6.30. The lowest BCUT2D eigenvalue weighted by Gasteiger charge is -2.33. The summed E-state index contributed by atoms with van der Waals surface area (Å²) in [6.45, 7) is 2.23. The molecule has 2 aliphatic heterocycles. The van der Waals surface area contributed by atoms with E-state index in [1.54, 1.807) is 13.1 Å². The van der Waals surface area contributed by atoms with Crippen molar-refractivity contribution in [1.82, 2.24) is 20.0 Å². The summed E-state index contributed by atoms with van der Waals surface area (Å²) in [6.07, 6.45) is 0.814. The van der Waals surface area contributed by atoms with Gasteiger partial charge in [-0.05, 0) is 66.9 Å². The minimum atomic E-state index is -0.572. The topological polar surface area (TPSA) is 78.9 Å². The third-order valence-electron chi connectivity index (χ3n) is 7.49. The van der Waals surface area contributed by atoms with Crippen molar-refractivity contribution in [3.63, 3.8) is 0 Å². The van der Waals surface area contributed by atoms with Gasteiger partial charge in [-0.25, -0.2) is 9.18 Å². The standard InChI is InChI=1S/C28H28Cl2FN5O3/c1-34(28(38)39-22-8-6-21(31)7-9-22)24-17-36(16-23(24)18-2-4-20(29)5-3-18)27(37)19-12-14-35(15-13-19)26-11-10-25(30)32-33-26/h2-11,19,23-24H,12-17H2,1H3/t23-,24+/m0/s1. The van der Waals surface area contributed by atoms with Crippen LogP contribution in [-0.4, -0.2) is 71.3 Å². The number of likely N-dealkylation sites (tertiary alicyclic amines) is 1. The Labute approximate surface area is 236 Å². The van der Waals surface area contributed by atoms with Crippen LogP contribution in [0.15, 0.2) is 60.7 Å². The summed E-state index contributed by atoms with van der Waals surface area (Å²) in [5, 5.41) is 9.02. The van der Waals surface area contributed by atoms with Crippen molar-refractivity contribution in [1.29, 1.82) is 0 Å². The number of rotatable bonds is 5. The molecule has 2 amide bonds. The van der Waals surface area contributed by atoms with Gasteiger partial charge in [0.25, 0.3) is 0 Å². The number of piperidine rings is 1. The highest BCUT2D eigenvalue weighted by atomic mass is 35.5. The third-order valence-corrected chi connectivity index (χ3v) is 7.94. The van der Waals surface area contributed by atoms with E-state index < -0.39 is 11.9 Å². The maximum absolute atomic E-state index is 13.7. The molecule has 2 saturated heterocycles. The minimum Gasteiger partial charge on any atom is -0.410 e. The van der Waals surface area contributed by atoms with Gasteiger partial charge in [-0.2, -0.15) is 0 Å². The maximum Gasteiger partial charge on any atom is 0.415 e. The largest absolute Gasteiger partial charge is 0.415 e. The third kappa shape index (κ3) is 6.25. The molecule has 2 aliphatic rings. The average molecular weight is 572 g/mol. The summed E-state index contributed by atoms with van der Waals surface area (Å²) in [6, 6.07) is 16.0. The molecule has 0 aliphatic carbocycles. The van der Waals surface area contributed by atoms with E-state index in [9.17, 15) is 14.0 Å². The molecular weight excluding hydrogens is 544 g/mol. The Morgan fingerprint density at radius 3 is 2.28 bits per heavy atom. The predicted octanol–water partition coefficient (Wildman–Crippen LogP) is 5.26. The quantitative estimate of drug-likeness (QED) is 0.415. The van der Waals surface area contributed by atoms with Gasteiger partial charge >= 0.3 is 6.09 Å². The van der Waals surface area contributed by atoms with Crippen LogP contribution in [-0.2, 0) is 4.79 Å². The fourth-order valence-electron chi connectivity index (χ4n) is 5.30. The van der Waals surface area contributed by atoms with Crippen LogP contribution in [0.3, 0.4) is 0 Å². The molecule has 2 aromatic carbocycles. The number of anilines is 1. The van der Waals surface area contributed by atoms with E-state index in [1.165, 1.54) is 29.2 Å². The van der Waals surface area contributed by atoms with E-state index in [0.29, 0.717) is 49.2 Å². The first kappa shape index (κ1) is 27.1. The van der Waals surface area contributed by atoms with Crippen molar-refractivity contribution in [2.24, 2.45) is 5.92 Å². The molecular formula is C28H28Cl2FN5O3.